The summed E-state index contributed by atoms with van der Waals surface area (Å²) in [5.41, 5.74) is 2.93. The maximum Gasteiger partial charge on any atom is 0.244 e. The van der Waals surface area contributed by atoms with Crippen LogP contribution in [0.3, 0.4) is 0 Å². The largest absolute Gasteiger partial charge is 0.324 e. The monoisotopic (exact) mass is 414 g/mol. The second kappa shape index (κ2) is 7.63. The molecular formula is C22H26N2O4S. The molecule has 1 aliphatic heterocycles. The Morgan fingerprint density at radius 2 is 1.83 bits per heavy atom. The molecule has 1 heterocycles. The smallest absolute Gasteiger partial charge is 0.244 e. The van der Waals surface area contributed by atoms with Gasteiger partial charge in [-0.05, 0) is 50.5 Å². The molecule has 0 aliphatic carbocycles. The minimum atomic E-state index is -3.73. The van der Waals surface area contributed by atoms with Crippen LogP contribution in [0.15, 0.2) is 47.4 Å². The summed E-state index contributed by atoms with van der Waals surface area (Å²) in [5.74, 6) is -0.756. The molecule has 0 unspecified atom stereocenters. The Bertz CT molecular complexity index is 1070. The van der Waals surface area contributed by atoms with Crippen LogP contribution in [0, 0.1) is 6.92 Å². The highest BCUT2D eigenvalue weighted by Gasteiger charge is 2.44. The number of carbonyl (C=O) groups is 2. The fraction of sp³-hybridized carbons (Fsp3) is 0.364. The number of hydrogen-bond donors (Lipinski definition) is 1. The zero-order valence-corrected chi connectivity index (χ0v) is 18.0. The average Bonchev–Trinajstić information content (AvgIpc) is 2.71. The van der Waals surface area contributed by atoms with Gasteiger partial charge in [0.05, 0.1) is 15.3 Å². The van der Waals surface area contributed by atoms with Crippen molar-refractivity contribution in [2.24, 2.45) is 0 Å². The molecule has 2 aromatic rings. The van der Waals surface area contributed by atoms with E-state index in [9.17, 15) is 18.0 Å². The van der Waals surface area contributed by atoms with E-state index in [0.717, 1.165) is 23.2 Å². The molecule has 0 atom stereocenters. The molecule has 0 saturated heterocycles. The molecule has 0 fully saturated rings. The van der Waals surface area contributed by atoms with E-state index >= 15 is 0 Å². The van der Waals surface area contributed by atoms with Gasteiger partial charge in [0, 0.05) is 12.1 Å². The fourth-order valence-electron chi connectivity index (χ4n) is 3.59. The molecule has 0 spiro atoms. The number of benzene rings is 2. The SMILES string of the molecule is CCc1cccc(C)c1NC(=O)CN1C(=O)CC(C)(C)S(=O)(=O)c2ccccc21. The van der Waals surface area contributed by atoms with Crippen molar-refractivity contribution in [3.05, 3.63) is 53.6 Å². The molecule has 0 aromatic heterocycles. The first kappa shape index (κ1) is 21.0. The Morgan fingerprint density at radius 1 is 1.14 bits per heavy atom. The van der Waals surface area contributed by atoms with Crippen molar-refractivity contribution in [3.8, 4) is 0 Å². The van der Waals surface area contributed by atoms with Crippen LogP contribution in [0.25, 0.3) is 0 Å². The quantitative estimate of drug-likeness (QED) is 0.830. The van der Waals surface area contributed by atoms with Crippen LogP contribution in [0.1, 0.15) is 38.3 Å². The van der Waals surface area contributed by atoms with Crippen molar-refractivity contribution >= 4 is 33.0 Å². The third-order valence-corrected chi connectivity index (χ3v) is 7.88. The second-order valence-electron chi connectivity index (χ2n) is 7.90. The van der Waals surface area contributed by atoms with Gasteiger partial charge in [0.2, 0.25) is 11.8 Å². The lowest BCUT2D eigenvalue weighted by Crippen LogP contribution is -2.40. The number of aryl methyl sites for hydroxylation is 2. The summed E-state index contributed by atoms with van der Waals surface area (Å²) in [4.78, 5) is 27.1. The summed E-state index contributed by atoms with van der Waals surface area (Å²) >= 11 is 0. The van der Waals surface area contributed by atoms with Crippen LogP contribution in [0.4, 0.5) is 11.4 Å². The number of carbonyl (C=O) groups excluding carboxylic acids is 2. The number of amides is 2. The van der Waals surface area contributed by atoms with E-state index in [1.807, 2.05) is 32.0 Å². The third kappa shape index (κ3) is 3.79. The van der Waals surface area contributed by atoms with Crippen LogP contribution < -0.4 is 10.2 Å². The van der Waals surface area contributed by atoms with Gasteiger partial charge in [0.15, 0.2) is 9.84 Å². The van der Waals surface area contributed by atoms with Crippen molar-refractivity contribution < 1.29 is 18.0 Å². The summed E-state index contributed by atoms with van der Waals surface area (Å²) in [6.07, 6.45) is 0.567. The standard InChI is InChI=1S/C22H26N2O4S/c1-5-16-10-8-9-15(2)21(16)23-19(25)14-24-17-11-6-7-12-18(17)29(27,28)22(3,4)13-20(24)26/h6-12H,5,13-14H2,1-4H3,(H,23,25). The summed E-state index contributed by atoms with van der Waals surface area (Å²) in [7, 11) is -3.73. The maximum absolute atomic E-state index is 13.1. The van der Waals surface area contributed by atoms with Crippen molar-refractivity contribution in [1.82, 2.24) is 0 Å². The number of sulfone groups is 1. The van der Waals surface area contributed by atoms with Crippen LogP contribution in [-0.2, 0) is 25.8 Å². The summed E-state index contributed by atoms with van der Waals surface area (Å²) < 4.78 is 24.9. The predicted octanol–water partition coefficient (Wildman–Crippen LogP) is 3.49. The average molecular weight is 415 g/mol. The van der Waals surface area contributed by atoms with E-state index in [-0.39, 0.29) is 35.4 Å². The first-order chi connectivity index (χ1) is 13.6. The van der Waals surface area contributed by atoms with Gasteiger partial charge < -0.3 is 10.2 Å². The summed E-state index contributed by atoms with van der Waals surface area (Å²) in [6.45, 7) is 6.75. The predicted molar refractivity (Wildman–Crippen MR) is 114 cm³/mol. The molecule has 2 aromatic carbocycles. The zero-order chi connectivity index (χ0) is 21.4. The number of hydrogen-bond acceptors (Lipinski definition) is 4. The van der Waals surface area contributed by atoms with Crippen LogP contribution in [-0.4, -0.2) is 31.5 Å². The molecule has 6 nitrogen and oxygen atoms in total. The molecule has 0 saturated carbocycles. The maximum atomic E-state index is 13.1. The molecule has 7 heteroatoms. The van der Waals surface area contributed by atoms with Gasteiger partial charge in [0.25, 0.3) is 0 Å². The Balaban J connectivity index is 1.97. The van der Waals surface area contributed by atoms with Crippen molar-refractivity contribution in [2.75, 3.05) is 16.8 Å². The van der Waals surface area contributed by atoms with Gasteiger partial charge in [0.1, 0.15) is 6.54 Å². The fourth-order valence-corrected chi connectivity index (χ4v) is 5.21. The third-order valence-electron chi connectivity index (χ3n) is 5.36. The van der Waals surface area contributed by atoms with Crippen molar-refractivity contribution in [1.29, 1.82) is 0 Å². The number of nitrogens with one attached hydrogen (secondary N) is 1. The lowest BCUT2D eigenvalue weighted by Gasteiger charge is -2.23. The molecule has 154 valence electrons. The molecular weight excluding hydrogens is 388 g/mol. The highest BCUT2D eigenvalue weighted by molar-refractivity contribution is 7.93. The van der Waals surface area contributed by atoms with E-state index in [1.165, 1.54) is 11.0 Å². The number of fused-ring (bicyclic) bond motifs is 1. The first-order valence-corrected chi connectivity index (χ1v) is 11.1. The minimum absolute atomic E-state index is 0.0776. The van der Waals surface area contributed by atoms with Crippen LogP contribution in [0.5, 0.6) is 0 Å². The molecule has 1 aliphatic rings. The molecule has 29 heavy (non-hydrogen) atoms. The Kier molecular flexibility index (Phi) is 5.54. The summed E-state index contributed by atoms with van der Waals surface area (Å²) in [5, 5.41) is 2.91. The normalized spacial score (nSPS) is 17.4. The van der Waals surface area contributed by atoms with E-state index in [0.29, 0.717) is 0 Å². The molecule has 0 bridgehead atoms. The Hall–Kier alpha value is -2.67. The number of para-hydroxylation sites is 2. The lowest BCUT2D eigenvalue weighted by atomic mass is 10.1. The van der Waals surface area contributed by atoms with Crippen LogP contribution >= 0.6 is 0 Å². The van der Waals surface area contributed by atoms with Gasteiger partial charge in [-0.2, -0.15) is 0 Å². The molecule has 3 rings (SSSR count). The number of anilines is 2. The van der Waals surface area contributed by atoms with Gasteiger partial charge in [-0.15, -0.1) is 0 Å². The molecule has 0 radical (unpaired) electrons. The minimum Gasteiger partial charge on any atom is -0.324 e. The van der Waals surface area contributed by atoms with Gasteiger partial charge in [-0.3, -0.25) is 9.59 Å². The number of nitrogens with zero attached hydrogens (tertiary/aromatic N) is 1. The lowest BCUT2D eigenvalue weighted by molar-refractivity contribution is -0.121. The van der Waals surface area contributed by atoms with E-state index in [1.54, 1.807) is 32.0 Å². The first-order valence-electron chi connectivity index (χ1n) is 9.61. The zero-order valence-electron chi connectivity index (χ0n) is 17.2. The van der Waals surface area contributed by atoms with Gasteiger partial charge in [-0.1, -0.05) is 37.3 Å². The van der Waals surface area contributed by atoms with Crippen LogP contribution in [0.2, 0.25) is 0 Å². The van der Waals surface area contributed by atoms with Gasteiger partial charge in [-0.25, -0.2) is 8.42 Å². The topological polar surface area (TPSA) is 83.6 Å². The van der Waals surface area contributed by atoms with Crippen molar-refractivity contribution in [2.45, 2.75) is 50.2 Å². The highest BCUT2D eigenvalue weighted by Crippen LogP contribution is 2.38. The van der Waals surface area contributed by atoms with Gasteiger partial charge >= 0.3 is 0 Å². The molecule has 1 N–H and O–H groups in total. The summed E-state index contributed by atoms with van der Waals surface area (Å²) in [6, 6.07) is 12.2. The highest BCUT2D eigenvalue weighted by atomic mass is 32.2. The van der Waals surface area contributed by atoms with E-state index < -0.39 is 14.6 Å². The Labute approximate surface area is 171 Å². The van der Waals surface area contributed by atoms with E-state index in [4.69, 9.17) is 0 Å². The second-order valence-corrected chi connectivity index (χ2v) is 10.5. The molecule has 2 amide bonds. The van der Waals surface area contributed by atoms with Crippen molar-refractivity contribution in [3.63, 3.8) is 0 Å². The Morgan fingerprint density at radius 3 is 2.52 bits per heavy atom. The van der Waals surface area contributed by atoms with E-state index in [2.05, 4.69) is 5.32 Å². The number of rotatable bonds is 4.